The Balaban J connectivity index is 1.91. The maximum atomic E-state index is 12.4. The molecule has 0 bridgehead atoms. The van der Waals surface area contributed by atoms with Crippen LogP contribution < -0.4 is 20.1 Å². The summed E-state index contributed by atoms with van der Waals surface area (Å²) in [5.41, 5.74) is 0.951. The van der Waals surface area contributed by atoms with Crippen LogP contribution in [0, 0.1) is 0 Å². The fourth-order valence-electron chi connectivity index (χ4n) is 2.87. The zero-order chi connectivity index (χ0) is 24.4. The Morgan fingerprint density at radius 2 is 1.61 bits per heavy atom. The van der Waals surface area contributed by atoms with Gasteiger partial charge in [-0.05, 0) is 58.0 Å². The van der Waals surface area contributed by atoms with Gasteiger partial charge in [-0.15, -0.1) is 0 Å². The second-order valence-corrected chi connectivity index (χ2v) is 6.93. The van der Waals surface area contributed by atoms with Gasteiger partial charge in [-0.25, -0.2) is 0 Å². The van der Waals surface area contributed by atoms with E-state index in [1.807, 2.05) is 13.8 Å². The minimum atomic E-state index is -1.13. The Morgan fingerprint density at radius 3 is 2.27 bits per heavy atom. The van der Waals surface area contributed by atoms with Crippen molar-refractivity contribution in [3.8, 4) is 11.5 Å². The number of rotatable bonds is 11. The van der Waals surface area contributed by atoms with E-state index in [2.05, 4.69) is 10.6 Å². The Hall–Kier alpha value is -3.88. The molecule has 33 heavy (non-hydrogen) atoms. The number of anilines is 1. The van der Waals surface area contributed by atoms with Crippen LogP contribution >= 0.6 is 0 Å². The number of hydrogen-bond donors (Lipinski definition) is 2. The van der Waals surface area contributed by atoms with Gasteiger partial charge in [-0.1, -0.05) is 12.1 Å². The van der Waals surface area contributed by atoms with E-state index in [1.165, 1.54) is 19.9 Å². The van der Waals surface area contributed by atoms with Crippen molar-refractivity contribution < 1.29 is 33.4 Å². The summed E-state index contributed by atoms with van der Waals surface area (Å²) in [4.78, 5) is 48.6. The number of ether oxygens (including phenoxy) is 3. The third kappa shape index (κ3) is 7.34. The molecule has 0 fully saturated rings. The van der Waals surface area contributed by atoms with Crippen molar-refractivity contribution in [1.82, 2.24) is 5.32 Å². The molecule has 2 aromatic carbocycles. The van der Waals surface area contributed by atoms with Crippen molar-refractivity contribution in [2.75, 3.05) is 25.1 Å². The second kappa shape index (κ2) is 12.2. The molecule has 2 N–H and O–H groups in total. The number of benzene rings is 2. The highest BCUT2D eigenvalue weighted by Gasteiger charge is 2.20. The van der Waals surface area contributed by atoms with Gasteiger partial charge < -0.3 is 24.8 Å². The van der Waals surface area contributed by atoms with E-state index in [4.69, 9.17) is 14.2 Å². The van der Waals surface area contributed by atoms with E-state index in [9.17, 15) is 19.2 Å². The van der Waals surface area contributed by atoms with Gasteiger partial charge in [0.25, 0.3) is 11.8 Å². The van der Waals surface area contributed by atoms with E-state index in [0.29, 0.717) is 36.0 Å². The average molecular weight is 456 g/mol. The summed E-state index contributed by atoms with van der Waals surface area (Å²) in [6.07, 6.45) is -1.13. The molecule has 0 saturated carbocycles. The lowest BCUT2D eigenvalue weighted by Gasteiger charge is -2.15. The molecule has 0 radical (unpaired) electrons. The molecule has 9 heteroatoms. The van der Waals surface area contributed by atoms with E-state index < -0.39 is 30.4 Å². The van der Waals surface area contributed by atoms with Gasteiger partial charge in [0.1, 0.15) is 6.54 Å². The maximum Gasteiger partial charge on any atom is 0.326 e. The van der Waals surface area contributed by atoms with Crippen LogP contribution in [0.3, 0.4) is 0 Å². The highest BCUT2D eigenvalue weighted by molar-refractivity contribution is 6.04. The molecule has 0 saturated heterocycles. The second-order valence-electron chi connectivity index (χ2n) is 6.93. The Bertz CT molecular complexity index is 1020. The minimum Gasteiger partial charge on any atom is -0.490 e. The molecule has 1 unspecified atom stereocenters. The molecule has 2 aromatic rings. The first-order valence-electron chi connectivity index (χ1n) is 10.5. The van der Waals surface area contributed by atoms with Crippen LogP contribution in [0.5, 0.6) is 11.5 Å². The number of ketones is 1. The first kappa shape index (κ1) is 25.4. The van der Waals surface area contributed by atoms with Crippen molar-refractivity contribution in [3.63, 3.8) is 0 Å². The fraction of sp³-hybridized carbons (Fsp3) is 0.333. The lowest BCUT2D eigenvalue weighted by atomic mass is 10.1. The third-order valence-electron chi connectivity index (χ3n) is 4.44. The van der Waals surface area contributed by atoms with Crippen molar-refractivity contribution in [2.45, 2.75) is 33.8 Å². The monoisotopic (exact) mass is 456 g/mol. The smallest absolute Gasteiger partial charge is 0.326 e. The van der Waals surface area contributed by atoms with E-state index >= 15 is 0 Å². The van der Waals surface area contributed by atoms with Gasteiger partial charge in [0.05, 0.1) is 18.9 Å². The van der Waals surface area contributed by atoms with Gasteiger partial charge in [0, 0.05) is 11.1 Å². The van der Waals surface area contributed by atoms with Crippen LogP contribution in [0.2, 0.25) is 0 Å². The van der Waals surface area contributed by atoms with E-state index in [-0.39, 0.29) is 11.3 Å². The van der Waals surface area contributed by atoms with Crippen molar-refractivity contribution >= 4 is 29.3 Å². The molecule has 2 amide bonds. The summed E-state index contributed by atoms with van der Waals surface area (Å²) < 4.78 is 16.0. The molecule has 0 spiro atoms. The molecule has 9 nitrogen and oxygen atoms in total. The number of carbonyl (C=O) groups is 4. The van der Waals surface area contributed by atoms with E-state index in [1.54, 1.807) is 36.4 Å². The largest absolute Gasteiger partial charge is 0.490 e. The van der Waals surface area contributed by atoms with Gasteiger partial charge >= 0.3 is 5.97 Å². The normalized spacial score (nSPS) is 11.2. The molecule has 0 aliphatic heterocycles. The van der Waals surface area contributed by atoms with E-state index in [0.717, 1.165) is 0 Å². The number of nitrogens with one attached hydrogen (secondary N) is 2. The molecule has 2 rings (SSSR count). The zero-order valence-electron chi connectivity index (χ0n) is 19.1. The summed E-state index contributed by atoms with van der Waals surface area (Å²) in [5.74, 6) is -1.17. The summed E-state index contributed by atoms with van der Waals surface area (Å²) in [7, 11) is 0. The standard InChI is InChI=1S/C24H28N2O7/c1-5-31-20-12-11-17(13-21(20)32-6-2)24(30)25-14-22(28)33-16(4)23(29)26-19-10-8-7-9-18(19)15(3)27/h7-13,16H,5-6,14H2,1-4H3,(H,25,30)(H,26,29). The first-order valence-corrected chi connectivity index (χ1v) is 10.5. The maximum absolute atomic E-state index is 12.4. The number of para-hydroxylation sites is 1. The van der Waals surface area contributed by atoms with Crippen LogP contribution in [0.25, 0.3) is 0 Å². The van der Waals surface area contributed by atoms with Crippen molar-refractivity contribution in [3.05, 3.63) is 53.6 Å². The number of amides is 2. The van der Waals surface area contributed by atoms with Crippen LogP contribution in [-0.2, 0) is 14.3 Å². The predicted molar refractivity (Wildman–Crippen MR) is 122 cm³/mol. The zero-order valence-corrected chi connectivity index (χ0v) is 19.1. The molecule has 0 aromatic heterocycles. The number of esters is 1. The SMILES string of the molecule is CCOc1ccc(C(=O)NCC(=O)OC(C)C(=O)Nc2ccccc2C(C)=O)cc1OCC. The van der Waals surface area contributed by atoms with Crippen LogP contribution in [-0.4, -0.2) is 49.4 Å². The summed E-state index contributed by atoms with van der Waals surface area (Å²) in [5, 5.41) is 5.02. The molecule has 176 valence electrons. The Kier molecular flexibility index (Phi) is 9.41. The number of hydrogen-bond acceptors (Lipinski definition) is 7. The molecular weight excluding hydrogens is 428 g/mol. The third-order valence-corrected chi connectivity index (χ3v) is 4.44. The lowest BCUT2D eigenvalue weighted by Crippen LogP contribution is -2.36. The van der Waals surface area contributed by atoms with Crippen LogP contribution in [0.4, 0.5) is 5.69 Å². The predicted octanol–water partition coefficient (Wildman–Crippen LogP) is 2.99. The average Bonchev–Trinajstić information content (AvgIpc) is 2.79. The lowest BCUT2D eigenvalue weighted by molar-refractivity contribution is -0.152. The topological polar surface area (TPSA) is 120 Å². The fourth-order valence-corrected chi connectivity index (χ4v) is 2.87. The molecular formula is C24H28N2O7. The summed E-state index contributed by atoms with van der Waals surface area (Å²) >= 11 is 0. The van der Waals surface area contributed by atoms with Gasteiger partial charge in [-0.2, -0.15) is 0 Å². The van der Waals surface area contributed by atoms with Crippen molar-refractivity contribution in [2.24, 2.45) is 0 Å². The summed E-state index contributed by atoms with van der Waals surface area (Å²) in [6.45, 7) is 6.85. The Morgan fingerprint density at radius 1 is 0.939 bits per heavy atom. The molecule has 0 heterocycles. The van der Waals surface area contributed by atoms with Gasteiger partial charge in [0.2, 0.25) is 0 Å². The van der Waals surface area contributed by atoms with Crippen LogP contribution in [0.1, 0.15) is 48.4 Å². The Labute approximate surface area is 192 Å². The molecule has 0 aliphatic rings. The number of Topliss-reactive ketones (excluding diaryl/α,β-unsaturated/α-hetero) is 1. The first-order chi connectivity index (χ1) is 15.8. The molecule has 1 atom stereocenters. The number of carbonyl (C=O) groups excluding carboxylic acids is 4. The van der Waals surface area contributed by atoms with Crippen molar-refractivity contribution in [1.29, 1.82) is 0 Å². The molecule has 0 aliphatic carbocycles. The quantitative estimate of drug-likeness (QED) is 0.394. The summed E-state index contributed by atoms with van der Waals surface area (Å²) in [6, 6.07) is 11.2. The van der Waals surface area contributed by atoms with Gasteiger partial charge in [-0.3, -0.25) is 19.2 Å². The van der Waals surface area contributed by atoms with Crippen LogP contribution in [0.15, 0.2) is 42.5 Å². The minimum absolute atomic E-state index is 0.208. The van der Waals surface area contributed by atoms with Gasteiger partial charge in [0.15, 0.2) is 23.4 Å². The highest BCUT2D eigenvalue weighted by Crippen LogP contribution is 2.28. The highest BCUT2D eigenvalue weighted by atomic mass is 16.5.